The van der Waals surface area contributed by atoms with Gasteiger partial charge in [0.1, 0.15) is 29.5 Å². The molecule has 75 heavy (non-hydrogen) atoms. The number of methoxy groups -OCH3 is 1. The van der Waals surface area contributed by atoms with Crippen LogP contribution in [0.15, 0.2) is 65.7 Å². The van der Waals surface area contributed by atoms with Crippen molar-refractivity contribution in [3.8, 4) is 39.9 Å². The van der Waals surface area contributed by atoms with Gasteiger partial charge in [0.05, 0.1) is 32.0 Å². The lowest BCUT2D eigenvalue weighted by Crippen LogP contribution is -2.52. The summed E-state index contributed by atoms with van der Waals surface area (Å²) in [5, 5.41) is 72.8. The number of fused-ring (bicyclic) bond motifs is 2. The molecule has 0 aromatic heterocycles. The van der Waals surface area contributed by atoms with Crippen molar-refractivity contribution in [1.29, 1.82) is 0 Å². The molecular formula is C62H83N3O10. The molecule has 15 atom stereocenters. The fraction of sp³-hybridized carbons (Fsp3) is 0.629. The number of rotatable bonds is 6. The summed E-state index contributed by atoms with van der Waals surface area (Å²) in [6.07, 6.45) is 17.3. The van der Waals surface area contributed by atoms with E-state index in [0.717, 1.165) is 97.6 Å². The number of nitrogens with zero attached hydrogens (tertiary/aromatic N) is 1. The van der Waals surface area contributed by atoms with Crippen molar-refractivity contribution in [3.63, 3.8) is 0 Å². The standard InChI is InChI=1S/C62H83N3O10/c1-5-35-20-38-10-9-37(35)21-44(68)28-62(16-6-15-61(62)17-18-73-45(29-61)32-67)33-65-60(63)64-30-40-11-7-36-8-12-41(31-66)55(40)59(36)75-53-25-39(13-14-49(53)69)58-51(71)26-48-52(74-58)27-54(72-4)57-47-23-43(19-34(2)3)50(70)24-42(47)22-46(38)56(48)57/h7,9-11,13-14,23-25,27,34-38,40-41,44-46,51,55,58-59,66-71H,5-6,8,12,15-22,26,28-33H2,1-4H3,(H3,63,64,65). The Morgan fingerprint density at radius 3 is 2.43 bits per heavy atom. The van der Waals surface area contributed by atoms with E-state index in [-0.39, 0.29) is 83.4 Å². The number of guanidine groups is 1. The molecule has 2 spiro atoms. The van der Waals surface area contributed by atoms with Crippen LogP contribution in [-0.4, -0.2) is 101 Å². The quantitative estimate of drug-likeness (QED) is 0.109. The Hall–Kier alpha value is -4.79. The number of aliphatic hydroxyl groups excluding tert-OH is 4. The van der Waals surface area contributed by atoms with E-state index in [9.17, 15) is 30.6 Å². The molecule has 13 heteroatoms. The predicted octanol–water partition coefficient (Wildman–Crippen LogP) is 8.82. The molecule has 3 fully saturated rings. The highest BCUT2D eigenvalue weighted by atomic mass is 16.5. The number of ether oxygens (including phenoxy) is 4. The van der Waals surface area contributed by atoms with Crippen molar-refractivity contribution in [3.05, 3.63) is 88.5 Å². The van der Waals surface area contributed by atoms with Crippen LogP contribution in [-0.2, 0) is 24.0 Å². The van der Waals surface area contributed by atoms with E-state index in [4.69, 9.17) is 29.7 Å². The minimum atomic E-state index is -0.934. The summed E-state index contributed by atoms with van der Waals surface area (Å²) in [5.74, 6) is 3.02. The summed E-state index contributed by atoms with van der Waals surface area (Å²) in [6, 6.07) is 11.3. The number of aliphatic imine (C=N–C) groups is 1. The first-order valence-electron chi connectivity index (χ1n) is 28.6. The summed E-state index contributed by atoms with van der Waals surface area (Å²) < 4.78 is 26.4. The molecule has 2 saturated carbocycles. The molecule has 1 saturated heterocycles. The van der Waals surface area contributed by atoms with Crippen LogP contribution in [0.1, 0.15) is 131 Å². The van der Waals surface area contributed by atoms with Crippen molar-refractivity contribution in [2.75, 3.05) is 40.0 Å². The van der Waals surface area contributed by atoms with Crippen LogP contribution in [0, 0.1) is 58.2 Å². The third-order valence-corrected chi connectivity index (χ3v) is 20.0. The average molecular weight is 1030 g/mol. The van der Waals surface area contributed by atoms with Gasteiger partial charge in [-0.05, 0) is 169 Å². The third-order valence-electron chi connectivity index (χ3n) is 20.0. The first kappa shape index (κ1) is 52.3. The molecule has 9 N–H and O–H groups in total. The highest BCUT2D eigenvalue weighted by Gasteiger charge is 2.57. The first-order chi connectivity index (χ1) is 36.2. The predicted molar refractivity (Wildman–Crippen MR) is 289 cm³/mol. The smallest absolute Gasteiger partial charge is 0.188 e. The molecule has 0 radical (unpaired) electrons. The van der Waals surface area contributed by atoms with Crippen LogP contribution in [0.3, 0.4) is 0 Å². The fourth-order valence-corrected chi connectivity index (χ4v) is 16.3. The topological polar surface area (TPSA) is 209 Å². The Labute approximate surface area is 443 Å². The van der Waals surface area contributed by atoms with E-state index < -0.39 is 18.3 Å². The van der Waals surface area contributed by atoms with E-state index in [0.29, 0.717) is 91.7 Å². The highest BCUT2D eigenvalue weighted by Crippen LogP contribution is 2.62. The van der Waals surface area contributed by atoms with Gasteiger partial charge in [0.15, 0.2) is 17.5 Å². The highest BCUT2D eigenvalue weighted by molar-refractivity contribution is 5.84. The van der Waals surface area contributed by atoms with Crippen LogP contribution >= 0.6 is 0 Å². The van der Waals surface area contributed by atoms with Gasteiger partial charge < -0.3 is 60.6 Å². The summed E-state index contributed by atoms with van der Waals surface area (Å²) >= 11 is 0. The molecule has 406 valence electrons. The van der Waals surface area contributed by atoms with Crippen molar-refractivity contribution in [2.24, 2.45) is 68.9 Å². The second-order valence-corrected chi connectivity index (χ2v) is 24.7. The Balaban J connectivity index is 1.03. The van der Waals surface area contributed by atoms with Crippen molar-refractivity contribution in [1.82, 2.24) is 5.32 Å². The number of benzene rings is 3. The van der Waals surface area contributed by atoms with E-state index in [1.807, 2.05) is 18.2 Å². The van der Waals surface area contributed by atoms with Gasteiger partial charge in [-0.15, -0.1) is 0 Å². The van der Waals surface area contributed by atoms with Crippen LogP contribution < -0.4 is 25.3 Å². The van der Waals surface area contributed by atoms with E-state index >= 15 is 0 Å². The third kappa shape index (κ3) is 9.63. The number of aliphatic hydroxyl groups is 4. The van der Waals surface area contributed by atoms with Gasteiger partial charge in [0.25, 0.3) is 0 Å². The van der Waals surface area contributed by atoms with Crippen LogP contribution in [0.25, 0.3) is 11.1 Å². The Morgan fingerprint density at radius 1 is 0.840 bits per heavy atom. The molecule has 13 nitrogen and oxygen atoms in total. The zero-order valence-corrected chi connectivity index (χ0v) is 44.6. The lowest BCUT2D eigenvalue weighted by molar-refractivity contribution is -0.116. The molecule has 5 aliphatic carbocycles. The minimum absolute atomic E-state index is 0.00174. The molecule has 14 rings (SSSR count). The molecule has 3 aromatic rings. The number of aromatic hydroxyl groups is 2. The minimum Gasteiger partial charge on any atom is -0.508 e. The fourth-order valence-electron chi connectivity index (χ4n) is 16.3. The van der Waals surface area contributed by atoms with E-state index in [1.165, 1.54) is 0 Å². The van der Waals surface area contributed by atoms with Crippen LogP contribution in [0.5, 0.6) is 28.7 Å². The SMILES string of the molecule is CCC1CC2C=CC1CC(O)CC1(CCCC13CCOC(CO)C3)CN=C(N)NCC1C=CC3CCC(CO)C1C3Oc1cc(ccc1O)C1Oc3cc(OC)c4c(c3CC1O)C2Cc1cc(O)c(CC(C)C)cc1-4. The van der Waals surface area contributed by atoms with Crippen molar-refractivity contribution < 1.29 is 49.6 Å². The monoisotopic (exact) mass is 1030 g/mol. The zero-order valence-electron chi connectivity index (χ0n) is 44.6. The van der Waals surface area contributed by atoms with Gasteiger partial charge in [-0.2, -0.15) is 0 Å². The van der Waals surface area contributed by atoms with Gasteiger partial charge in [-0.25, -0.2) is 0 Å². The Bertz CT molecular complexity index is 2670. The van der Waals surface area contributed by atoms with Gasteiger partial charge in [-0.3, -0.25) is 4.99 Å². The van der Waals surface area contributed by atoms with Gasteiger partial charge in [0, 0.05) is 67.7 Å². The van der Waals surface area contributed by atoms with Crippen LogP contribution in [0.2, 0.25) is 0 Å². The van der Waals surface area contributed by atoms with Gasteiger partial charge in [-0.1, -0.05) is 64.0 Å². The van der Waals surface area contributed by atoms with Gasteiger partial charge >= 0.3 is 0 Å². The maximum Gasteiger partial charge on any atom is 0.188 e. The Morgan fingerprint density at radius 2 is 1.64 bits per heavy atom. The molecule has 3 aromatic carbocycles. The number of allylic oxidation sites excluding steroid dienone is 2. The number of hydrogen-bond donors (Lipinski definition) is 8. The van der Waals surface area contributed by atoms with Crippen LogP contribution in [0.4, 0.5) is 0 Å². The lowest BCUT2D eigenvalue weighted by atomic mass is 9.57. The maximum atomic E-state index is 12.5. The second kappa shape index (κ2) is 21.2. The number of phenols is 2. The number of phenolic OH excluding ortho intramolecular Hbond substituents is 2. The average Bonchev–Trinajstić information content (AvgIpc) is 3.75. The number of hydrogen-bond acceptors (Lipinski definition) is 13. The van der Waals surface area contributed by atoms with Crippen molar-refractivity contribution >= 4 is 5.96 Å². The molecule has 12 bridgehead atoms. The molecule has 0 amide bonds. The number of nitrogens with one attached hydrogen (secondary N) is 1. The normalized spacial score (nSPS) is 36.2. The Kier molecular flexibility index (Phi) is 14.8. The summed E-state index contributed by atoms with van der Waals surface area (Å²) in [7, 11) is 1.70. The zero-order chi connectivity index (χ0) is 52.3. The second-order valence-electron chi connectivity index (χ2n) is 24.7. The van der Waals surface area contributed by atoms with E-state index in [2.05, 4.69) is 56.5 Å². The molecular weight excluding hydrogens is 947 g/mol. The summed E-state index contributed by atoms with van der Waals surface area (Å²) in [4.78, 5) is 5.15. The van der Waals surface area contributed by atoms with E-state index in [1.54, 1.807) is 19.2 Å². The lowest BCUT2D eigenvalue weighted by Gasteiger charge is -2.51. The molecule has 15 unspecified atom stereocenters. The van der Waals surface area contributed by atoms with Crippen molar-refractivity contribution in [2.45, 2.75) is 147 Å². The number of nitrogens with two attached hydrogens (primary N) is 1. The summed E-state index contributed by atoms with van der Waals surface area (Å²) in [6.45, 7) is 8.05. The molecule has 11 aliphatic rings. The van der Waals surface area contributed by atoms with Gasteiger partial charge in [0.2, 0.25) is 0 Å². The first-order valence-corrected chi connectivity index (χ1v) is 28.6. The molecule has 6 heterocycles. The molecule has 6 aliphatic heterocycles. The maximum absolute atomic E-state index is 12.5. The largest absolute Gasteiger partial charge is 0.508 e. The summed E-state index contributed by atoms with van der Waals surface area (Å²) in [5.41, 5.74) is 13.1.